The van der Waals surface area contributed by atoms with Gasteiger partial charge in [-0.1, -0.05) is 56.3 Å². The highest BCUT2D eigenvalue weighted by Gasteiger charge is 2.72. The van der Waals surface area contributed by atoms with Crippen LogP contribution in [0, 0.1) is 16.7 Å². The summed E-state index contributed by atoms with van der Waals surface area (Å²) in [6.45, 7) is 6.54. The highest BCUT2D eigenvalue weighted by molar-refractivity contribution is 5.88. The van der Waals surface area contributed by atoms with Crippen LogP contribution in [-0.2, 0) is 15.3 Å². The number of aliphatic hydroxyl groups is 1. The number of piperidine rings is 1. The third-order valence-corrected chi connectivity index (χ3v) is 7.54. The van der Waals surface area contributed by atoms with Gasteiger partial charge in [-0.15, -0.1) is 0 Å². The van der Waals surface area contributed by atoms with Gasteiger partial charge in [0.25, 0.3) is 0 Å². The van der Waals surface area contributed by atoms with Crippen LogP contribution in [0.15, 0.2) is 53.2 Å². The molecule has 1 aliphatic rings. The van der Waals surface area contributed by atoms with Gasteiger partial charge in [0.15, 0.2) is 5.72 Å². The second-order valence-electron chi connectivity index (χ2n) is 9.26. The summed E-state index contributed by atoms with van der Waals surface area (Å²) in [6, 6.07) is 12.5. The highest BCUT2D eigenvalue weighted by Crippen LogP contribution is 2.63. The molecule has 0 radical (unpaired) electrons. The Morgan fingerprint density at radius 3 is 2.27 bits per heavy atom. The van der Waals surface area contributed by atoms with Crippen LogP contribution in [-0.4, -0.2) is 43.6 Å². The van der Waals surface area contributed by atoms with Crippen molar-refractivity contribution in [3.63, 3.8) is 0 Å². The molecular weight excluding hydrogens is 426 g/mol. The van der Waals surface area contributed by atoms with Crippen LogP contribution >= 0.6 is 0 Å². The summed E-state index contributed by atoms with van der Waals surface area (Å²) >= 11 is 0. The Labute approximate surface area is 190 Å². The maximum absolute atomic E-state index is 13.1. The van der Waals surface area contributed by atoms with E-state index >= 15 is 0 Å². The van der Waals surface area contributed by atoms with E-state index in [2.05, 4.69) is 15.6 Å². The van der Waals surface area contributed by atoms with Crippen molar-refractivity contribution in [2.75, 3.05) is 0 Å². The van der Waals surface area contributed by atoms with E-state index < -0.39 is 46.4 Å². The van der Waals surface area contributed by atoms with Crippen molar-refractivity contribution in [3.8, 4) is 0 Å². The molecule has 1 aliphatic heterocycles. The van der Waals surface area contributed by atoms with E-state index in [1.165, 1.54) is 6.92 Å². The Bertz CT molecular complexity index is 1210. The third kappa shape index (κ3) is 2.85. The molecule has 1 saturated heterocycles. The Balaban J connectivity index is 2.16. The molecular formula is C24H27N3O6. The van der Waals surface area contributed by atoms with Gasteiger partial charge in [-0.25, -0.2) is 4.63 Å². The van der Waals surface area contributed by atoms with Crippen molar-refractivity contribution in [2.24, 2.45) is 16.7 Å². The SMILES string of the molecule is CC(C)C1(C(=O)O)C(C)NC(O)(c2ccccc2)C(C)(C(=O)O)C1c1cccc2nonc12. The molecule has 2 heterocycles. The fraction of sp³-hybridized carbons (Fsp3) is 0.417. The van der Waals surface area contributed by atoms with Gasteiger partial charge >= 0.3 is 11.9 Å². The molecule has 4 N–H and O–H groups in total. The molecule has 0 bridgehead atoms. The molecule has 2 aromatic carbocycles. The van der Waals surface area contributed by atoms with Gasteiger partial charge in [0.05, 0.1) is 5.41 Å². The van der Waals surface area contributed by atoms with Gasteiger partial charge in [0.2, 0.25) is 0 Å². The molecule has 174 valence electrons. The number of carboxylic acid groups (broad SMARTS) is 2. The predicted octanol–water partition coefficient (Wildman–Crippen LogP) is 2.96. The lowest BCUT2D eigenvalue weighted by Gasteiger charge is -2.61. The van der Waals surface area contributed by atoms with E-state index in [9.17, 15) is 24.9 Å². The summed E-state index contributed by atoms with van der Waals surface area (Å²) in [5.41, 5.74) is -4.45. The van der Waals surface area contributed by atoms with Gasteiger partial charge in [0.1, 0.15) is 16.4 Å². The molecule has 0 aliphatic carbocycles. The van der Waals surface area contributed by atoms with Gasteiger partial charge in [-0.3, -0.25) is 14.9 Å². The smallest absolute Gasteiger partial charge is 0.314 e. The van der Waals surface area contributed by atoms with Crippen molar-refractivity contribution in [1.29, 1.82) is 0 Å². The minimum Gasteiger partial charge on any atom is -0.481 e. The number of aromatic nitrogens is 2. The zero-order valence-electron chi connectivity index (χ0n) is 18.8. The van der Waals surface area contributed by atoms with Crippen molar-refractivity contribution in [3.05, 3.63) is 59.7 Å². The Morgan fingerprint density at radius 1 is 1.03 bits per heavy atom. The average Bonchev–Trinajstić information content (AvgIpc) is 3.25. The summed E-state index contributed by atoms with van der Waals surface area (Å²) in [5.74, 6) is -4.25. The number of nitrogens with zero attached hydrogens (tertiary/aromatic N) is 2. The van der Waals surface area contributed by atoms with Crippen LogP contribution in [0.4, 0.5) is 0 Å². The number of hydrogen-bond donors (Lipinski definition) is 4. The quantitative estimate of drug-likeness (QED) is 0.458. The molecule has 1 aromatic heterocycles. The number of carbonyl (C=O) groups is 2. The molecule has 0 saturated carbocycles. The summed E-state index contributed by atoms with van der Waals surface area (Å²) < 4.78 is 4.90. The number of fused-ring (bicyclic) bond motifs is 1. The Kier molecular flexibility index (Phi) is 5.29. The fourth-order valence-corrected chi connectivity index (χ4v) is 5.88. The van der Waals surface area contributed by atoms with Gasteiger partial charge < -0.3 is 15.3 Å². The van der Waals surface area contributed by atoms with Crippen LogP contribution < -0.4 is 5.32 Å². The number of carboxylic acids is 2. The average molecular weight is 453 g/mol. The number of benzene rings is 2. The molecule has 1 fully saturated rings. The first kappa shape index (κ1) is 22.9. The molecule has 5 unspecified atom stereocenters. The van der Waals surface area contributed by atoms with E-state index in [1.54, 1.807) is 69.3 Å². The predicted molar refractivity (Wildman–Crippen MR) is 118 cm³/mol. The first-order valence-corrected chi connectivity index (χ1v) is 10.8. The van der Waals surface area contributed by atoms with Crippen LogP contribution in [0.2, 0.25) is 0 Å². The normalized spacial score (nSPS) is 32.2. The Morgan fingerprint density at radius 2 is 1.70 bits per heavy atom. The lowest BCUT2D eigenvalue weighted by molar-refractivity contribution is -0.222. The monoisotopic (exact) mass is 453 g/mol. The van der Waals surface area contributed by atoms with Crippen molar-refractivity contribution >= 4 is 23.0 Å². The zero-order chi connectivity index (χ0) is 24.2. The van der Waals surface area contributed by atoms with E-state index in [4.69, 9.17) is 4.63 Å². The first-order valence-electron chi connectivity index (χ1n) is 10.8. The largest absolute Gasteiger partial charge is 0.481 e. The highest BCUT2D eigenvalue weighted by atomic mass is 16.6. The minimum atomic E-state index is -2.10. The summed E-state index contributed by atoms with van der Waals surface area (Å²) in [7, 11) is 0. The topological polar surface area (TPSA) is 146 Å². The maximum atomic E-state index is 13.1. The minimum absolute atomic E-state index is 0.269. The van der Waals surface area contributed by atoms with E-state index in [-0.39, 0.29) is 5.52 Å². The second kappa shape index (κ2) is 7.64. The molecule has 5 atom stereocenters. The van der Waals surface area contributed by atoms with Crippen molar-refractivity contribution in [2.45, 2.75) is 45.4 Å². The van der Waals surface area contributed by atoms with Crippen LogP contribution in [0.25, 0.3) is 11.0 Å². The molecule has 3 aromatic rings. The lowest BCUT2D eigenvalue weighted by atomic mass is 9.47. The summed E-state index contributed by atoms with van der Waals surface area (Å²) in [4.78, 5) is 26.2. The van der Waals surface area contributed by atoms with E-state index in [1.807, 2.05) is 0 Å². The molecule has 9 nitrogen and oxygen atoms in total. The van der Waals surface area contributed by atoms with Crippen LogP contribution in [0.1, 0.15) is 44.7 Å². The molecule has 4 rings (SSSR count). The molecule has 0 spiro atoms. The van der Waals surface area contributed by atoms with Crippen molar-refractivity contribution in [1.82, 2.24) is 15.6 Å². The number of aliphatic carboxylic acids is 2. The zero-order valence-corrected chi connectivity index (χ0v) is 18.8. The first-order chi connectivity index (χ1) is 15.5. The van der Waals surface area contributed by atoms with Crippen LogP contribution in [0.3, 0.4) is 0 Å². The summed E-state index contributed by atoms with van der Waals surface area (Å²) in [6.07, 6.45) is 0. The third-order valence-electron chi connectivity index (χ3n) is 7.54. The van der Waals surface area contributed by atoms with E-state index in [0.717, 1.165) is 0 Å². The van der Waals surface area contributed by atoms with Crippen LogP contribution in [0.5, 0.6) is 0 Å². The Hall–Kier alpha value is -3.30. The standard InChI is InChI=1S/C24H27N3O6/c1-13(2)23(21(30)31)14(3)25-24(32,15-9-6-5-7-10-15)22(4,20(28)29)19(23)16-11-8-12-17-18(16)27-33-26-17/h5-14,19,25,32H,1-4H3,(H,28,29)(H,30,31). The number of rotatable bonds is 5. The second-order valence-corrected chi connectivity index (χ2v) is 9.26. The molecule has 0 amide bonds. The number of hydrogen-bond acceptors (Lipinski definition) is 7. The van der Waals surface area contributed by atoms with E-state index in [0.29, 0.717) is 16.6 Å². The molecule has 9 heteroatoms. The molecule has 33 heavy (non-hydrogen) atoms. The lowest BCUT2D eigenvalue weighted by Crippen LogP contribution is -2.75. The number of nitrogens with one attached hydrogen (secondary N) is 1. The van der Waals surface area contributed by atoms with Gasteiger partial charge in [-0.2, -0.15) is 0 Å². The van der Waals surface area contributed by atoms with Gasteiger partial charge in [0, 0.05) is 12.0 Å². The fourth-order valence-electron chi connectivity index (χ4n) is 5.88. The van der Waals surface area contributed by atoms with Crippen molar-refractivity contribution < 1.29 is 29.5 Å². The summed E-state index contributed by atoms with van der Waals surface area (Å²) in [5, 5.41) is 44.3. The van der Waals surface area contributed by atoms with Gasteiger partial charge in [-0.05, 0) is 47.3 Å². The maximum Gasteiger partial charge on any atom is 0.314 e.